The van der Waals surface area contributed by atoms with Crippen molar-refractivity contribution in [1.82, 2.24) is 5.32 Å². The summed E-state index contributed by atoms with van der Waals surface area (Å²) < 4.78 is 5.22. The van der Waals surface area contributed by atoms with Crippen LogP contribution in [0.1, 0.15) is 42.5 Å². The quantitative estimate of drug-likeness (QED) is 0.819. The normalized spacial score (nSPS) is 17.3. The lowest BCUT2D eigenvalue weighted by Crippen LogP contribution is -2.40. The average Bonchev–Trinajstić information content (AvgIpc) is 2.53. The molecule has 3 nitrogen and oxygen atoms in total. The van der Waals surface area contributed by atoms with E-state index in [0.717, 1.165) is 12.8 Å². The highest BCUT2D eigenvalue weighted by atomic mass is 35.5. The fourth-order valence-electron chi connectivity index (χ4n) is 2.88. The maximum Gasteiger partial charge on any atom is 0.255 e. The Morgan fingerprint density at radius 1 is 1.33 bits per heavy atom. The third-order valence-corrected chi connectivity index (χ3v) is 5.03. The van der Waals surface area contributed by atoms with Gasteiger partial charge in [0.15, 0.2) is 0 Å². The van der Waals surface area contributed by atoms with E-state index in [4.69, 9.17) is 27.9 Å². The monoisotopic (exact) mass is 329 g/mol. The van der Waals surface area contributed by atoms with Gasteiger partial charge >= 0.3 is 0 Å². The van der Waals surface area contributed by atoms with Crippen LogP contribution in [0.25, 0.3) is 0 Å². The van der Waals surface area contributed by atoms with Crippen molar-refractivity contribution in [3.05, 3.63) is 28.8 Å². The summed E-state index contributed by atoms with van der Waals surface area (Å²) in [6.45, 7) is 0.602. The van der Waals surface area contributed by atoms with E-state index in [0.29, 0.717) is 28.8 Å². The third kappa shape index (κ3) is 4.04. The van der Waals surface area contributed by atoms with Crippen LogP contribution in [0.5, 0.6) is 5.75 Å². The van der Waals surface area contributed by atoms with Gasteiger partial charge < -0.3 is 10.1 Å². The van der Waals surface area contributed by atoms with Gasteiger partial charge in [0.25, 0.3) is 5.91 Å². The second-order valence-electron chi connectivity index (χ2n) is 5.72. The number of amides is 1. The molecule has 0 saturated heterocycles. The molecular formula is C16H21Cl2NO2. The van der Waals surface area contributed by atoms with Crippen molar-refractivity contribution in [3.63, 3.8) is 0 Å². The second kappa shape index (κ2) is 7.37. The molecule has 0 spiro atoms. The zero-order valence-electron chi connectivity index (χ0n) is 12.3. The van der Waals surface area contributed by atoms with Gasteiger partial charge in [0.1, 0.15) is 5.75 Å². The van der Waals surface area contributed by atoms with Gasteiger partial charge in [-0.25, -0.2) is 0 Å². The van der Waals surface area contributed by atoms with Crippen molar-refractivity contribution in [2.24, 2.45) is 5.41 Å². The number of nitrogens with one attached hydrogen (secondary N) is 1. The van der Waals surface area contributed by atoms with E-state index >= 15 is 0 Å². The Labute approximate surface area is 136 Å². The summed E-state index contributed by atoms with van der Waals surface area (Å²) in [5, 5.41) is 3.52. The fourth-order valence-corrected chi connectivity index (χ4v) is 3.41. The molecule has 1 saturated carbocycles. The van der Waals surface area contributed by atoms with Gasteiger partial charge in [0.05, 0.1) is 12.7 Å². The Morgan fingerprint density at radius 3 is 2.67 bits per heavy atom. The smallest absolute Gasteiger partial charge is 0.255 e. The molecule has 1 aliphatic rings. The van der Waals surface area contributed by atoms with Crippen LogP contribution in [-0.4, -0.2) is 25.4 Å². The molecule has 0 unspecified atom stereocenters. The third-order valence-electron chi connectivity index (χ3n) is 4.23. The molecule has 116 valence electrons. The number of halogens is 2. The van der Waals surface area contributed by atoms with E-state index < -0.39 is 0 Å². The predicted molar refractivity (Wildman–Crippen MR) is 86.6 cm³/mol. The lowest BCUT2D eigenvalue weighted by atomic mass is 9.75. The van der Waals surface area contributed by atoms with E-state index in [9.17, 15) is 4.79 Å². The van der Waals surface area contributed by atoms with Crippen molar-refractivity contribution in [2.45, 2.75) is 32.1 Å². The first kappa shape index (κ1) is 16.4. The number of ether oxygens (including phenoxy) is 1. The summed E-state index contributed by atoms with van der Waals surface area (Å²) >= 11 is 12.1. The van der Waals surface area contributed by atoms with Crippen LogP contribution in [0, 0.1) is 5.41 Å². The molecular weight excluding hydrogens is 309 g/mol. The van der Waals surface area contributed by atoms with E-state index in [1.54, 1.807) is 25.3 Å². The Hall–Kier alpha value is -0.930. The lowest BCUT2D eigenvalue weighted by molar-refractivity contribution is 0.0918. The number of hydrogen-bond acceptors (Lipinski definition) is 2. The SMILES string of the molecule is COc1ccc(Cl)cc1C(=O)NCC1(CCl)CCCCC1. The first-order valence-corrected chi connectivity index (χ1v) is 8.19. The Morgan fingerprint density at radius 2 is 2.05 bits per heavy atom. The molecule has 0 radical (unpaired) electrons. The molecule has 0 atom stereocenters. The van der Waals surface area contributed by atoms with Crippen LogP contribution in [0.15, 0.2) is 18.2 Å². The number of methoxy groups -OCH3 is 1. The van der Waals surface area contributed by atoms with E-state index in [-0.39, 0.29) is 11.3 Å². The molecule has 0 aromatic heterocycles. The highest BCUT2D eigenvalue weighted by Crippen LogP contribution is 2.37. The molecule has 5 heteroatoms. The minimum Gasteiger partial charge on any atom is -0.496 e. The summed E-state index contributed by atoms with van der Waals surface area (Å²) in [4.78, 5) is 12.4. The first-order valence-electron chi connectivity index (χ1n) is 7.28. The molecule has 0 heterocycles. The van der Waals surface area contributed by atoms with Gasteiger partial charge in [-0.15, -0.1) is 11.6 Å². The first-order chi connectivity index (χ1) is 10.1. The van der Waals surface area contributed by atoms with Crippen LogP contribution in [0.3, 0.4) is 0 Å². The summed E-state index contributed by atoms with van der Waals surface area (Å²) in [6.07, 6.45) is 5.77. The van der Waals surface area contributed by atoms with Gasteiger partial charge in [-0.3, -0.25) is 4.79 Å². The number of rotatable bonds is 5. The lowest BCUT2D eigenvalue weighted by Gasteiger charge is -2.35. The summed E-state index contributed by atoms with van der Waals surface area (Å²) in [5.41, 5.74) is 0.492. The molecule has 2 rings (SSSR count). The zero-order valence-corrected chi connectivity index (χ0v) is 13.8. The fraction of sp³-hybridized carbons (Fsp3) is 0.562. The largest absolute Gasteiger partial charge is 0.496 e. The summed E-state index contributed by atoms with van der Waals surface area (Å²) in [5.74, 6) is 0.949. The molecule has 1 amide bonds. The second-order valence-corrected chi connectivity index (χ2v) is 6.43. The van der Waals surface area contributed by atoms with Crippen molar-refractivity contribution in [2.75, 3.05) is 19.5 Å². The number of alkyl halides is 1. The molecule has 0 aliphatic heterocycles. The highest BCUT2D eigenvalue weighted by Gasteiger charge is 2.31. The van der Waals surface area contributed by atoms with Crippen molar-refractivity contribution < 1.29 is 9.53 Å². The molecule has 0 bridgehead atoms. The Kier molecular flexibility index (Phi) is 5.77. The van der Waals surface area contributed by atoms with Crippen LogP contribution >= 0.6 is 23.2 Å². The van der Waals surface area contributed by atoms with Crippen molar-refractivity contribution >= 4 is 29.1 Å². The number of hydrogen-bond donors (Lipinski definition) is 1. The number of carbonyl (C=O) groups is 1. The summed E-state index contributed by atoms with van der Waals surface area (Å²) in [7, 11) is 1.54. The molecule has 1 N–H and O–H groups in total. The maximum absolute atomic E-state index is 12.4. The van der Waals surface area contributed by atoms with Gasteiger partial charge in [-0.1, -0.05) is 30.9 Å². The minimum absolute atomic E-state index is 0.0290. The average molecular weight is 330 g/mol. The Bertz CT molecular complexity index is 499. The van der Waals surface area contributed by atoms with Crippen LogP contribution in [-0.2, 0) is 0 Å². The van der Waals surface area contributed by atoms with Gasteiger partial charge in [-0.05, 0) is 31.0 Å². The van der Waals surface area contributed by atoms with Crippen LogP contribution in [0.2, 0.25) is 5.02 Å². The van der Waals surface area contributed by atoms with Crippen molar-refractivity contribution in [1.29, 1.82) is 0 Å². The zero-order chi connectivity index (χ0) is 15.3. The maximum atomic E-state index is 12.4. The van der Waals surface area contributed by atoms with Crippen LogP contribution in [0.4, 0.5) is 0 Å². The standard InChI is InChI=1S/C16H21Cl2NO2/c1-21-14-6-5-12(18)9-13(14)15(20)19-11-16(10-17)7-3-2-4-8-16/h5-6,9H,2-4,7-8,10-11H2,1H3,(H,19,20). The molecule has 1 aromatic carbocycles. The minimum atomic E-state index is -0.163. The van der Waals surface area contributed by atoms with Gasteiger partial charge in [0.2, 0.25) is 0 Å². The Balaban J connectivity index is 2.06. The highest BCUT2D eigenvalue weighted by molar-refractivity contribution is 6.31. The van der Waals surface area contributed by atoms with E-state index in [1.165, 1.54) is 19.3 Å². The number of benzene rings is 1. The van der Waals surface area contributed by atoms with Gasteiger partial charge in [-0.2, -0.15) is 0 Å². The van der Waals surface area contributed by atoms with E-state index in [2.05, 4.69) is 5.32 Å². The molecule has 21 heavy (non-hydrogen) atoms. The van der Waals surface area contributed by atoms with E-state index in [1.807, 2.05) is 0 Å². The summed E-state index contributed by atoms with van der Waals surface area (Å²) in [6, 6.07) is 5.04. The molecule has 1 aliphatic carbocycles. The number of carbonyl (C=O) groups excluding carboxylic acids is 1. The predicted octanol–water partition coefficient (Wildman–Crippen LogP) is 4.27. The molecule has 1 fully saturated rings. The van der Waals surface area contributed by atoms with Gasteiger partial charge in [0, 0.05) is 22.9 Å². The van der Waals surface area contributed by atoms with Crippen LogP contribution < -0.4 is 10.1 Å². The van der Waals surface area contributed by atoms with Crippen molar-refractivity contribution in [3.8, 4) is 5.75 Å². The topological polar surface area (TPSA) is 38.3 Å². The molecule has 1 aromatic rings.